The minimum atomic E-state index is -1.18. The zero-order valence-corrected chi connectivity index (χ0v) is 13.4. The van der Waals surface area contributed by atoms with Gasteiger partial charge in [-0.25, -0.2) is 0 Å². The van der Waals surface area contributed by atoms with Gasteiger partial charge >= 0.3 is 0 Å². The van der Waals surface area contributed by atoms with Crippen LogP contribution in [0.1, 0.15) is 16.7 Å². The predicted molar refractivity (Wildman–Crippen MR) is 96.9 cm³/mol. The fourth-order valence-corrected chi connectivity index (χ4v) is 3.33. The van der Waals surface area contributed by atoms with E-state index in [0.29, 0.717) is 0 Å². The number of methoxy groups -OCH3 is 1. The van der Waals surface area contributed by atoms with Crippen molar-refractivity contribution >= 4 is 6.08 Å². The summed E-state index contributed by atoms with van der Waals surface area (Å²) >= 11 is 0. The molecule has 1 unspecified atom stereocenters. The molecule has 1 aliphatic rings. The first-order valence-corrected chi connectivity index (χ1v) is 7.97. The van der Waals surface area contributed by atoms with Gasteiger partial charge in [-0.1, -0.05) is 66.7 Å². The topological polar surface area (TPSA) is 29.5 Å². The maximum atomic E-state index is 11.6. The third-order valence-corrected chi connectivity index (χ3v) is 4.62. The van der Waals surface area contributed by atoms with Gasteiger partial charge in [0.2, 0.25) is 0 Å². The number of aliphatic hydroxyl groups is 1. The van der Waals surface area contributed by atoms with E-state index in [-0.39, 0.29) is 0 Å². The average Bonchev–Trinajstić information content (AvgIpc) is 2.78. The Kier molecular flexibility index (Phi) is 3.47. The third-order valence-electron chi connectivity index (χ3n) is 4.62. The van der Waals surface area contributed by atoms with Crippen molar-refractivity contribution in [3.05, 3.63) is 95.6 Å². The van der Waals surface area contributed by atoms with Crippen LogP contribution in [-0.4, -0.2) is 12.2 Å². The Labute approximate surface area is 141 Å². The maximum Gasteiger partial charge on any atom is 0.134 e. The van der Waals surface area contributed by atoms with E-state index in [0.717, 1.165) is 33.6 Å². The molecule has 2 nitrogen and oxygen atoms in total. The van der Waals surface area contributed by atoms with Crippen LogP contribution < -0.4 is 4.74 Å². The highest BCUT2D eigenvalue weighted by Gasteiger charge is 2.33. The van der Waals surface area contributed by atoms with Crippen molar-refractivity contribution in [2.45, 2.75) is 5.60 Å². The van der Waals surface area contributed by atoms with Crippen LogP contribution >= 0.6 is 0 Å². The van der Waals surface area contributed by atoms with Gasteiger partial charge in [-0.05, 0) is 46.0 Å². The van der Waals surface area contributed by atoms with Gasteiger partial charge in [0.15, 0.2) is 0 Å². The van der Waals surface area contributed by atoms with Crippen molar-refractivity contribution in [3.8, 4) is 16.9 Å². The molecule has 0 fully saturated rings. The van der Waals surface area contributed by atoms with Crippen molar-refractivity contribution in [2.24, 2.45) is 0 Å². The van der Waals surface area contributed by atoms with Crippen LogP contribution in [0, 0.1) is 0 Å². The number of ether oxygens (including phenoxy) is 1. The van der Waals surface area contributed by atoms with Crippen LogP contribution in [-0.2, 0) is 5.60 Å². The fourth-order valence-electron chi connectivity index (χ4n) is 3.33. The van der Waals surface area contributed by atoms with Gasteiger partial charge in [-0.2, -0.15) is 0 Å². The Morgan fingerprint density at radius 1 is 0.792 bits per heavy atom. The van der Waals surface area contributed by atoms with Gasteiger partial charge in [0.1, 0.15) is 11.4 Å². The molecule has 0 spiro atoms. The first-order chi connectivity index (χ1) is 11.7. The summed E-state index contributed by atoms with van der Waals surface area (Å²) < 4.78 is 5.23. The average molecular weight is 314 g/mol. The van der Waals surface area contributed by atoms with E-state index >= 15 is 0 Å². The molecular weight excluding hydrogens is 296 g/mol. The normalized spacial score (nSPS) is 18.4. The molecule has 4 rings (SSSR count). The summed E-state index contributed by atoms with van der Waals surface area (Å²) in [5, 5.41) is 11.6. The van der Waals surface area contributed by atoms with Crippen molar-refractivity contribution in [1.82, 2.24) is 0 Å². The Balaban J connectivity index is 1.96. The summed E-state index contributed by atoms with van der Waals surface area (Å²) in [5.74, 6) is 0.775. The second kappa shape index (κ2) is 5.66. The highest BCUT2D eigenvalue weighted by molar-refractivity contribution is 5.81. The maximum absolute atomic E-state index is 11.6. The molecule has 24 heavy (non-hydrogen) atoms. The zero-order valence-electron chi connectivity index (χ0n) is 13.4. The summed E-state index contributed by atoms with van der Waals surface area (Å²) in [7, 11) is 1.64. The molecule has 1 atom stereocenters. The first kappa shape index (κ1) is 14.7. The Hall–Kier alpha value is -2.84. The predicted octanol–water partition coefficient (Wildman–Crippen LogP) is 4.62. The van der Waals surface area contributed by atoms with Crippen molar-refractivity contribution in [1.29, 1.82) is 0 Å². The van der Waals surface area contributed by atoms with E-state index in [9.17, 15) is 5.11 Å². The number of hydrogen-bond donors (Lipinski definition) is 1. The van der Waals surface area contributed by atoms with Gasteiger partial charge in [0.25, 0.3) is 0 Å². The second-order valence-electron chi connectivity index (χ2n) is 5.96. The number of benzene rings is 3. The summed E-state index contributed by atoms with van der Waals surface area (Å²) in [5.41, 5.74) is 3.82. The van der Waals surface area contributed by atoms with Crippen molar-refractivity contribution < 1.29 is 9.84 Å². The molecule has 0 aliphatic heterocycles. The van der Waals surface area contributed by atoms with E-state index in [1.54, 1.807) is 7.11 Å². The van der Waals surface area contributed by atoms with E-state index in [1.165, 1.54) is 0 Å². The number of fused-ring (bicyclic) bond motifs is 3. The van der Waals surface area contributed by atoms with Crippen LogP contribution in [0.5, 0.6) is 5.75 Å². The number of rotatable bonds is 2. The minimum absolute atomic E-state index is 0.775. The summed E-state index contributed by atoms with van der Waals surface area (Å²) in [6.07, 6.45) is 3.87. The molecule has 3 aromatic carbocycles. The molecule has 0 amide bonds. The molecule has 0 saturated carbocycles. The molecule has 118 valence electrons. The summed E-state index contributed by atoms with van der Waals surface area (Å²) in [4.78, 5) is 0. The first-order valence-electron chi connectivity index (χ1n) is 7.97. The summed E-state index contributed by atoms with van der Waals surface area (Å²) in [6.45, 7) is 0. The lowest BCUT2D eigenvalue weighted by molar-refractivity contribution is 0.136. The Morgan fingerprint density at radius 3 is 2.21 bits per heavy atom. The zero-order chi connectivity index (χ0) is 16.6. The molecular formula is C22H18O2. The largest absolute Gasteiger partial charge is 0.497 e. The second-order valence-corrected chi connectivity index (χ2v) is 5.96. The molecule has 1 aliphatic carbocycles. The molecule has 2 heteroatoms. The third kappa shape index (κ3) is 2.24. The van der Waals surface area contributed by atoms with Crippen LogP contribution in [0.15, 0.2) is 78.9 Å². The Morgan fingerprint density at radius 2 is 1.46 bits per heavy atom. The number of hydrogen-bond acceptors (Lipinski definition) is 2. The van der Waals surface area contributed by atoms with Crippen molar-refractivity contribution in [3.63, 3.8) is 0 Å². The molecule has 0 bridgehead atoms. The van der Waals surface area contributed by atoms with E-state index in [1.807, 2.05) is 66.7 Å². The molecule has 3 aromatic rings. The van der Waals surface area contributed by atoms with Gasteiger partial charge < -0.3 is 9.84 Å². The van der Waals surface area contributed by atoms with Crippen LogP contribution in [0.25, 0.3) is 17.2 Å². The molecule has 1 N–H and O–H groups in total. The lowest BCUT2D eigenvalue weighted by Gasteiger charge is -2.27. The standard InChI is InChI=1S/C22H18O2/c1-24-18-12-10-17(11-13-18)22(23)15-14-16-6-2-3-7-19(16)20-8-4-5-9-21(20)22/h2-15,23H,1H3. The van der Waals surface area contributed by atoms with E-state index < -0.39 is 5.60 Å². The van der Waals surface area contributed by atoms with Gasteiger partial charge in [-0.15, -0.1) is 0 Å². The van der Waals surface area contributed by atoms with Crippen molar-refractivity contribution in [2.75, 3.05) is 7.11 Å². The quantitative estimate of drug-likeness (QED) is 0.747. The molecule has 0 radical (unpaired) electrons. The molecule has 0 saturated heterocycles. The lowest BCUT2D eigenvalue weighted by atomic mass is 9.83. The molecule has 0 heterocycles. The van der Waals surface area contributed by atoms with Gasteiger partial charge in [0, 0.05) is 0 Å². The van der Waals surface area contributed by atoms with Crippen LogP contribution in [0.2, 0.25) is 0 Å². The SMILES string of the molecule is COc1ccc(C2(O)C=Cc3ccccc3-c3ccccc32)cc1. The summed E-state index contributed by atoms with van der Waals surface area (Å²) in [6, 6.07) is 23.8. The van der Waals surface area contributed by atoms with E-state index in [2.05, 4.69) is 18.2 Å². The molecule has 0 aromatic heterocycles. The lowest BCUT2D eigenvalue weighted by Crippen LogP contribution is -2.24. The van der Waals surface area contributed by atoms with E-state index in [4.69, 9.17) is 4.74 Å². The highest BCUT2D eigenvalue weighted by atomic mass is 16.5. The van der Waals surface area contributed by atoms with Crippen LogP contribution in [0.4, 0.5) is 0 Å². The monoisotopic (exact) mass is 314 g/mol. The fraction of sp³-hybridized carbons (Fsp3) is 0.0909. The minimum Gasteiger partial charge on any atom is -0.497 e. The highest BCUT2D eigenvalue weighted by Crippen LogP contribution is 2.42. The Bertz CT molecular complexity index is 909. The van der Waals surface area contributed by atoms with Gasteiger partial charge in [0.05, 0.1) is 7.11 Å². The van der Waals surface area contributed by atoms with Gasteiger partial charge in [-0.3, -0.25) is 0 Å². The van der Waals surface area contributed by atoms with Crippen LogP contribution in [0.3, 0.4) is 0 Å². The smallest absolute Gasteiger partial charge is 0.134 e.